The molecule has 1 aromatic carbocycles. The molecule has 0 saturated heterocycles. The summed E-state index contributed by atoms with van der Waals surface area (Å²) in [5, 5.41) is 0. The van der Waals surface area contributed by atoms with E-state index in [1.54, 1.807) is 0 Å². The SMILES string of the molecule is CCc1ccc(C=Cc2ccccc2)[n+](C)c1. The van der Waals surface area contributed by atoms with Crippen molar-refractivity contribution in [2.45, 2.75) is 13.3 Å². The van der Waals surface area contributed by atoms with Crippen molar-refractivity contribution in [2.24, 2.45) is 7.05 Å². The van der Waals surface area contributed by atoms with Gasteiger partial charge in [0.25, 0.3) is 0 Å². The van der Waals surface area contributed by atoms with Gasteiger partial charge in [-0.1, -0.05) is 37.3 Å². The molecule has 86 valence electrons. The Morgan fingerprint density at radius 1 is 1.00 bits per heavy atom. The van der Waals surface area contributed by atoms with Crippen LogP contribution in [0.2, 0.25) is 0 Å². The van der Waals surface area contributed by atoms with E-state index in [2.05, 4.69) is 73.3 Å². The largest absolute Gasteiger partial charge is 0.204 e. The van der Waals surface area contributed by atoms with E-state index in [0.29, 0.717) is 0 Å². The fraction of sp³-hybridized carbons (Fsp3) is 0.188. The van der Waals surface area contributed by atoms with Gasteiger partial charge in [0, 0.05) is 17.7 Å². The number of benzene rings is 1. The van der Waals surface area contributed by atoms with Crippen LogP contribution in [0.15, 0.2) is 48.7 Å². The van der Waals surface area contributed by atoms with Crippen LogP contribution in [-0.2, 0) is 13.5 Å². The second-order valence-electron chi connectivity index (χ2n) is 4.17. The standard InChI is InChI=1S/C16H18N/c1-3-14-9-11-16(17(2)13-14)12-10-15-7-5-4-6-8-15/h4-13H,3H2,1-2H3/q+1. The van der Waals surface area contributed by atoms with Crippen molar-refractivity contribution in [1.82, 2.24) is 0 Å². The van der Waals surface area contributed by atoms with Crippen molar-refractivity contribution in [3.63, 3.8) is 0 Å². The molecule has 0 fully saturated rings. The van der Waals surface area contributed by atoms with Crippen LogP contribution in [0, 0.1) is 0 Å². The van der Waals surface area contributed by atoms with Crippen LogP contribution in [0.1, 0.15) is 23.7 Å². The molecule has 1 aromatic heterocycles. The van der Waals surface area contributed by atoms with Crippen molar-refractivity contribution in [1.29, 1.82) is 0 Å². The minimum atomic E-state index is 1.08. The van der Waals surface area contributed by atoms with Gasteiger partial charge < -0.3 is 0 Å². The van der Waals surface area contributed by atoms with Crippen LogP contribution in [0.4, 0.5) is 0 Å². The molecule has 0 bridgehead atoms. The Morgan fingerprint density at radius 2 is 1.76 bits per heavy atom. The first-order valence-corrected chi connectivity index (χ1v) is 6.01. The lowest BCUT2D eigenvalue weighted by atomic mass is 10.1. The van der Waals surface area contributed by atoms with E-state index in [1.807, 2.05) is 6.07 Å². The van der Waals surface area contributed by atoms with Gasteiger partial charge in [-0.05, 0) is 24.1 Å². The zero-order chi connectivity index (χ0) is 12.1. The normalized spacial score (nSPS) is 10.9. The molecular weight excluding hydrogens is 206 g/mol. The van der Waals surface area contributed by atoms with Gasteiger partial charge in [0.2, 0.25) is 5.69 Å². The summed E-state index contributed by atoms with van der Waals surface area (Å²) in [6.45, 7) is 2.18. The van der Waals surface area contributed by atoms with Crippen LogP contribution >= 0.6 is 0 Å². The molecule has 0 unspecified atom stereocenters. The highest BCUT2D eigenvalue weighted by atomic mass is 14.9. The summed E-state index contributed by atoms with van der Waals surface area (Å²) < 4.78 is 2.16. The van der Waals surface area contributed by atoms with Gasteiger partial charge >= 0.3 is 0 Å². The predicted molar refractivity (Wildman–Crippen MR) is 72.4 cm³/mol. The van der Waals surface area contributed by atoms with E-state index in [1.165, 1.54) is 16.8 Å². The van der Waals surface area contributed by atoms with Gasteiger partial charge in [-0.2, -0.15) is 0 Å². The maximum atomic E-state index is 2.19. The summed E-state index contributed by atoms with van der Waals surface area (Å²) in [7, 11) is 2.09. The lowest BCUT2D eigenvalue weighted by molar-refractivity contribution is -0.673. The lowest BCUT2D eigenvalue weighted by Gasteiger charge is -1.97. The third-order valence-corrected chi connectivity index (χ3v) is 2.89. The van der Waals surface area contributed by atoms with Gasteiger partial charge in [0.15, 0.2) is 6.20 Å². The van der Waals surface area contributed by atoms with Crippen LogP contribution < -0.4 is 4.57 Å². The van der Waals surface area contributed by atoms with Gasteiger partial charge in [-0.15, -0.1) is 0 Å². The molecule has 0 aliphatic carbocycles. The van der Waals surface area contributed by atoms with Crippen molar-refractivity contribution in [3.05, 3.63) is 65.5 Å². The molecule has 0 spiro atoms. The molecule has 17 heavy (non-hydrogen) atoms. The first kappa shape index (κ1) is 11.6. The third kappa shape index (κ3) is 3.04. The molecule has 1 heterocycles. The van der Waals surface area contributed by atoms with Gasteiger partial charge in [0.1, 0.15) is 7.05 Å². The summed E-state index contributed by atoms with van der Waals surface area (Å²) >= 11 is 0. The average molecular weight is 224 g/mol. The van der Waals surface area contributed by atoms with E-state index in [9.17, 15) is 0 Å². The Kier molecular flexibility index (Phi) is 3.71. The zero-order valence-corrected chi connectivity index (χ0v) is 10.4. The highest BCUT2D eigenvalue weighted by Crippen LogP contribution is 2.06. The van der Waals surface area contributed by atoms with E-state index in [0.717, 1.165) is 6.42 Å². The lowest BCUT2D eigenvalue weighted by Crippen LogP contribution is -2.31. The molecule has 1 nitrogen and oxygen atoms in total. The Morgan fingerprint density at radius 3 is 2.41 bits per heavy atom. The topological polar surface area (TPSA) is 3.88 Å². The first-order valence-electron chi connectivity index (χ1n) is 6.01. The monoisotopic (exact) mass is 224 g/mol. The molecule has 0 saturated carbocycles. The van der Waals surface area contributed by atoms with Crippen LogP contribution in [0.25, 0.3) is 12.2 Å². The molecule has 0 atom stereocenters. The average Bonchev–Trinajstić information content (AvgIpc) is 2.38. The van der Waals surface area contributed by atoms with Gasteiger partial charge in [0.05, 0.1) is 0 Å². The Labute approximate surface area is 103 Å². The summed E-state index contributed by atoms with van der Waals surface area (Å²) in [6, 6.07) is 14.7. The second-order valence-corrected chi connectivity index (χ2v) is 4.17. The van der Waals surface area contributed by atoms with Crippen molar-refractivity contribution in [2.75, 3.05) is 0 Å². The van der Waals surface area contributed by atoms with Gasteiger partial charge in [-0.3, -0.25) is 0 Å². The number of aromatic nitrogens is 1. The molecule has 2 aromatic rings. The quantitative estimate of drug-likeness (QED) is 0.705. The molecule has 0 aliphatic heterocycles. The van der Waals surface area contributed by atoms with E-state index < -0.39 is 0 Å². The number of hydrogen-bond acceptors (Lipinski definition) is 0. The number of nitrogens with zero attached hydrogens (tertiary/aromatic N) is 1. The molecule has 0 aliphatic rings. The molecule has 2 rings (SSSR count). The number of hydrogen-bond donors (Lipinski definition) is 0. The fourth-order valence-corrected chi connectivity index (χ4v) is 1.80. The van der Waals surface area contributed by atoms with Crippen molar-refractivity contribution >= 4 is 12.2 Å². The maximum Gasteiger partial charge on any atom is 0.204 e. The third-order valence-electron chi connectivity index (χ3n) is 2.89. The minimum Gasteiger partial charge on any atom is -0.201 e. The van der Waals surface area contributed by atoms with Crippen LogP contribution in [0.5, 0.6) is 0 Å². The summed E-state index contributed by atoms with van der Waals surface area (Å²) in [5.74, 6) is 0. The Hall–Kier alpha value is -1.89. The number of pyridine rings is 1. The summed E-state index contributed by atoms with van der Waals surface area (Å²) in [6.07, 6.45) is 7.55. The summed E-state index contributed by atoms with van der Waals surface area (Å²) in [4.78, 5) is 0. The van der Waals surface area contributed by atoms with Crippen LogP contribution in [0.3, 0.4) is 0 Å². The first-order chi connectivity index (χ1) is 8.29. The molecule has 0 amide bonds. The number of rotatable bonds is 3. The molecule has 1 heteroatoms. The van der Waals surface area contributed by atoms with Gasteiger partial charge in [-0.25, -0.2) is 4.57 Å². The summed E-state index contributed by atoms with van der Waals surface area (Å²) in [5.41, 5.74) is 3.81. The van der Waals surface area contributed by atoms with E-state index in [4.69, 9.17) is 0 Å². The molecule has 0 radical (unpaired) electrons. The smallest absolute Gasteiger partial charge is 0.201 e. The maximum absolute atomic E-state index is 2.19. The van der Waals surface area contributed by atoms with Crippen molar-refractivity contribution in [3.8, 4) is 0 Å². The zero-order valence-electron chi connectivity index (χ0n) is 10.4. The highest BCUT2D eigenvalue weighted by molar-refractivity contribution is 5.66. The minimum absolute atomic E-state index is 1.08. The Bertz CT molecular complexity index is 512. The molecule has 0 N–H and O–H groups in total. The molecular formula is C16H18N+. The highest BCUT2D eigenvalue weighted by Gasteiger charge is 2.02. The van der Waals surface area contributed by atoms with E-state index >= 15 is 0 Å². The predicted octanol–water partition coefficient (Wildman–Crippen LogP) is 3.24. The van der Waals surface area contributed by atoms with Crippen molar-refractivity contribution < 1.29 is 4.57 Å². The fourth-order valence-electron chi connectivity index (χ4n) is 1.80. The van der Waals surface area contributed by atoms with E-state index in [-0.39, 0.29) is 0 Å². The Balaban J connectivity index is 2.22. The second kappa shape index (κ2) is 5.44. The van der Waals surface area contributed by atoms with Crippen LogP contribution in [-0.4, -0.2) is 0 Å². The number of aryl methyl sites for hydroxylation is 2.